The van der Waals surface area contributed by atoms with Gasteiger partial charge in [-0.1, -0.05) is 0 Å². The Morgan fingerprint density at radius 1 is 1.40 bits per heavy atom. The normalized spacial score (nSPS) is 17.6. The van der Waals surface area contributed by atoms with Gasteiger partial charge in [0.1, 0.15) is 11.7 Å². The number of hydrogen-bond donors (Lipinski definition) is 2. The molecule has 3 rings (SSSR count). The van der Waals surface area contributed by atoms with Crippen LogP contribution in [0.15, 0.2) is 6.07 Å². The van der Waals surface area contributed by atoms with Crippen LogP contribution in [0.1, 0.15) is 49.4 Å². The number of rotatable bonds is 5. The lowest BCUT2D eigenvalue weighted by Gasteiger charge is -2.27. The van der Waals surface area contributed by atoms with E-state index in [0.29, 0.717) is 0 Å². The topological polar surface area (TPSA) is 66.0 Å². The van der Waals surface area contributed by atoms with Gasteiger partial charge in [-0.2, -0.15) is 0 Å². The second-order valence-electron chi connectivity index (χ2n) is 6.07. The van der Waals surface area contributed by atoms with Crippen LogP contribution in [-0.2, 0) is 12.8 Å². The van der Waals surface area contributed by atoms with E-state index >= 15 is 0 Å². The van der Waals surface area contributed by atoms with Crippen molar-refractivity contribution >= 4 is 11.7 Å². The van der Waals surface area contributed by atoms with Gasteiger partial charge in [-0.25, -0.2) is 4.98 Å². The third-order valence-electron chi connectivity index (χ3n) is 4.43. The molecule has 1 aromatic heterocycles. The molecule has 1 heterocycles. The van der Waals surface area contributed by atoms with E-state index in [1.165, 1.54) is 36.9 Å². The molecule has 0 radical (unpaired) electrons. The quantitative estimate of drug-likeness (QED) is 0.639. The average Bonchev–Trinajstić information content (AvgIpc) is 3.27. The maximum atomic E-state index is 7.87. The summed E-state index contributed by atoms with van der Waals surface area (Å²) in [6.07, 6.45) is 7.27. The Kier molecular flexibility index (Phi) is 3.64. The highest BCUT2D eigenvalue weighted by molar-refractivity contribution is 5.99. The second-order valence-corrected chi connectivity index (χ2v) is 6.07. The summed E-state index contributed by atoms with van der Waals surface area (Å²) in [6.45, 7) is 4.15. The van der Waals surface area contributed by atoms with E-state index in [2.05, 4.69) is 17.9 Å². The van der Waals surface area contributed by atoms with Crippen molar-refractivity contribution in [1.82, 2.24) is 4.98 Å². The minimum atomic E-state index is 0.148. The molecule has 0 saturated heterocycles. The SMILES string of the molecule is CCN(CC1CC1)c1nc2c(cc1C(=N)N)CCCC2. The monoisotopic (exact) mass is 272 g/mol. The fraction of sp³-hybridized carbons (Fsp3) is 0.625. The zero-order chi connectivity index (χ0) is 14.1. The minimum absolute atomic E-state index is 0.148. The molecular formula is C16H24N4. The first-order chi connectivity index (χ1) is 9.69. The van der Waals surface area contributed by atoms with Crippen LogP contribution >= 0.6 is 0 Å². The van der Waals surface area contributed by atoms with Gasteiger partial charge < -0.3 is 10.6 Å². The smallest absolute Gasteiger partial charge is 0.139 e. The van der Waals surface area contributed by atoms with E-state index < -0.39 is 0 Å². The van der Waals surface area contributed by atoms with E-state index in [0.717, 1.165) is 43.2 Å². The van der Waals surface area contributed by atoms with Gasteiger partial charge in [-0.15, -0.1) is 0 Å². The molecule has 0 bridgehead atoms. The lowest BCUT2D eigenvalue weighted by atomic mass is 9.94. The summed E-state index contributed by atoms with van der Waals surface area (Å²) in [7, 11) is 0. The highest BCUT2D eigenvalue weighted by Gasteiger charge is 2.26. The van der Waals surface area contributed by atoms with Crippen molar-refractivity contribution in [3.05, 3.63) is 22.9 Å². The molecule has 0 amide bonds. The van der Waals surface area contributed by atoms with Gasteiger partial charge in [-0.3, -0.25) is 5.41 Å². The summed E-state index contributed by atoms with van der Waals surface area (Å²) < 4.78 is 0. The van der Waals surface area contributed by atoms with E-state index in [4.69, 9.17) is 16.1 Å². The molecule has 2 aliphatic carbocycles. The Morgan fingerprint density at radius 2 is 2.15 bits per heavy atom. The van der Waals surface area contributed by atoms with Gasteiger partial charge in [0.05, 0.1) is 5.56 Å². The van der Waals surface area contributed by atoms with Gasteiger partial charge in [0.2, 0.25) is 0 Å². The third kappa shape index (κ3) is 2.65. The van der Waals surface area contributed by atoms with Crippen LogP contribution in [0.3, 0.4) is 0 Å². The molecule has 4 nitrogen and oxygen atoms in total. The van der Waals surface area contributed by atoms with Crippen LogP contribution in [0.4, 0.5) is 5.82 Å². The van der Waals surface area contributed by atoms with Gasteiger partial charge >= 0.3 is 0 Å². The van der Waals surface area contributed by atoms with Gasteiger partial charge in [0, 0.05) is 18.8 Å². The maximum Gasteiger partial charge on any atom is 0.139 e. The number of nitrogens with zero attached hydrogens (tertiary/aromatic N) is 2. The Morgan fingerprint density at radius 3 is 2.80 bits per heavy atom. The number of aromatic nitrogens is 1. The first-order valence-corrected chi connectivity index (χ1v) is 7.81. The molecule has 0 aromatic carbocycles. The summed E-state index contributed by atoms with van der Waals surface area (Å²) in [4.78, 5) is 7.20. The molecule has 4 heteroatoms. The second kappa shape index (κ2) is 5.43. The molecular weight excluding hydrogens is 248 g/mol. The van der Waals surface area contributed by atoms with Crippen molar-refractivity contribution in [1.29, 1.82) is 5.41 Å². The number of aryl methyl sites for hydroxylation is 2. The number of pyridine rings is 1. The molecule has 108 valence electrons. The minimum Gasteiger partial charge on any atom is -0.384 e. The Balaban J connectivity index is 1.99. The van der Waals surface area contributed by atoms with Gasteiger partial charge in [0.15, 0.2) is 0 Å². The molecule has 0 aliphatic heterocycles. The van der Waals surface area contributed by atoms with Crippen LogP contribution in [0.5, 0.6) is 0 Å². The number of anilines is 1. The lowest BCUT2D eigenvalue weighted by Crippen LogP contribution is -2.30. The van der Waals surface area contributed by atoms with E-state index in [1.54, 1.807) is 0 Å². The first kappa shape index (κ1) is 13.4. The highest BCUT2D eigenvalue weighted by Crippen LogP contribution is 2.33. The maximum absolute atomic E-state index is 7.87. The molecule has 0 spiro atoms. The molecule has 2 aliphatic rings. The van der Waals surface area contributed by atoms with E-state index in [-0.39, 0.29) is 5.84 Å². The summed E-state index contributed by atoms with van der Waals surface area (Å²) in [5.41, 5.74) is 9.16. The predicted molar refractivity (Wildman–Crippen MR) is 82.5 cm³/mol. The molecule has 1 fully saturated rings. The number of amidine groups is 1. The molecule has 3 N–H and O–H groups in total. The van der Waals surface area contributed by atoms with Crippen molar-refractivity contribution in [3.8, 4) is 0 Å². The first-order valence-electron chi connectivity index (χ1n) is 7.81. The zero-order valence-electron chi connectivity index (χ0n) is 12.3. The fourth-order valence-electron chi connectivity index (χ4n) is 3.04. The zero-order valence-corrected chi connectivity index (χ0v) is 12.3. The van der Waals surface area contributed by atoms with Gasteiger partial charge in [-0.05, 0) is 63.0 Å². The van der Waals surface area contributed by atoms with Crippen LogP contribution < -0.4 is 10.6 Å². The van der Waals surface area contributed by atoms with Crippen molar-refractivity contribution in [2.75, 3.05) is 18.0 Å². The van der Waals surface area contributed by atoms with Crippen molar-refractivity contribution in [2.24, 2.45) is 11.7 Å². The standard InChI is InChI=1S/C16H24N4/c1-2-20(10-11-7-8-11)16-13(15(17)18)9-12-5-3-4-6-14(12)19-16/h9,11H,2-8,10H2,1H3,(H3,17,18). The fourth-order valence-corrected chi connectivity index (χ4v) is 3.04. The predicted octanol–water partition coefficient (Wildman–Crippen LogP) is 2.48. The van der Waals surface area contributed by atoms with Crippen LogP contribution in [0.25, 0.3) is 0 Å². The number of fused-ring (bicyclic) bond motifs is 1. The lowest BCUT2D eigenvalue weighted by molar-refractivity contribution is 0.660. The Hall–Kier alpha value is -1.58. The Bertz CT molecular complexity index is 519. The number of hydrogen-bond acceptors (Lipinski definition) is 3. The van der Waals surface area contributed by atoms with Crippen LogP contribution in [-0.4, -0.2) is 23.9 Å². The van der Waals surface area contributed by atoms with Crippen LogP contribution in [0, 0.1) is 11.3 Å². The van der Waals surface area contributed by atoms with Crippen molar-refractivity contribution in [3.63, 3.8) is 0 Å². The number of nitrogen functional groups attached to an aromatic ring is 1. The molecule has 0 atom stereocenters. The molecule has 1 saturated carbocycles. The van der Waals surface area contributed by atoms with Gasteiger partial charge in [0.25, 0.3) is 0 Å². The summed E-state index contributed by atoms with van der Waals surface area (Å²) in [5, 5.41) is 7.87. The van der Waals surface area contributed by atoms with E-state index in [1.807, 2.05) is 0 Å². The van der Waals surface area contributed by atoms with Crippen LogP contribution in [0.2, 0.25) is 0 Å². The van der Waals surface area contributed by atoms with Crippen molar-refractivity contribution < 1.29 is 0 Å². The van der Waals surface area contributed by atoms with Crippen molar-refractivity contribution in [2.45, 2.75) is 45.4 Å². The third-order valence-corrected chi connectivity index (χ3v) is 4.43. The number of nitrogens with two attached hydrogens (primary N) is 1. The molecule has 0 unspecified atom stereocenters. The summed E-state index contributed by atoms with van der Waals surface area (Å²) in [6, 6.07) is 2.12. The summed E-state index contributed by atoms with van der Waals surface area (Å²) >= 11 is 0. The average molecular weight is 272 g/mol. The Labute approximate surface area is 120 Å². The van der Waals surface area contributed by atoms with E-state index in [9.17, 15) is 0 Å². The highest BCUT2D eigenvalue weighted by atomic mass is 15.2. The largest absolute Gasteiger partial charge is 0.384 e. The number of nitrogens with one attached hydrogen (secondary N) is 1. The molecule has 1 aromatic rings. The summed E-state index contributed by atoms with van der Waals surface area (Å²) in [5.74, 6) is 1.90. The molecule has 20 heavy (non-hydrogen) atoms.